The second-order valence-electron chi connectivity index (χ2n) is 4.66. The van der Waals surface area contributed by atoms with Gasteiger partial charge in [0.05, 0.1) is 0 Å². The summed E-state index contributed by atoms with van der Waals surface area (Å²) in [7, 11) is 3.91. The summed E-state index contributed by atoms with van der Waals surface area (Å²) < 4.78 is 0. The number of hydrogen-bond acceptors (Lipinski definition) is 5. The number of carbonyl (C=O) groups is 1. The van der Waals surface area contributed by atoms with E-state index in [1.807, 2.05) is 32.8 Å². The minimum atomic E-state index is -0.194. The number of carbonyl (C=O) groups excluding carboxylic acids is 1. The van der Waals surface area contributed by atoms with Crippen LogP contribution >= 0.6 is 0 Å². The molecule has 0 spiro atoms. The summed E-state index contributed by atoms with van der Waals surface area (Å²) in [5.41, 5.74) is 0.336. The van der Waals surface area contributed by atoms with Gasteiger partial charge >= 0.3 is 0 Å². The molecule has 0 saturated carbocycles. The van der Waals surface area contributed by atoms with Crippen molar-refractivity contribution in [2.45, 2.75) is 19.9 Å². The molecule has 0 unspecified atom stereocenters. The van der Waals surface area contributed by atoms with Gasteiger partial charge in [0.1, 0.15) is 5.82 Å². The highest BCUT2D eigenvalue weighted by molar-refractivity contribution is 5.92. The van der Waals surface area contributed by atoms with Crippen molar-refractivity contribution in [3.05, 3.63) is 17.8 Å². The van der Waals surface area contributed by atoms with E-state index in [4.69, 9.17) is 0 Å². The number of nitrogens with zero attached hydrogens (tertiary/aromatic N) is 3. The lowest BCUT2D eigenvalue weighted by Crippen LogP contribution is -2.32. The molecule has 1 aromatic rings. The van der Waals surface area contributed by atoms with Crippen LogP contribution in [0.25, 0.3) is 0 Å². The summed E-state index contributed by atoms with van der Waals surface area (Å²) in [4.78, 5) is 13.7. The first-order chi connectivity index (χ1) is 8.49. The third-order valence-electron chi connectivity index (χ3n) is 2.18. The van der Waals surface area contributed by atoms with Gasteiger partial charge in [0, 0.05) is 19.1 Å². The van der Waals surface area contributed by atoms with E-state index in [1.54, 1.807) is 12.1 Å². The van der Waals surface area contributed by atoms with Crippen molar-refractivity contribution < 1.29 is 4.79 Å². The van der Waals surface area contributed by atoms with Gasteiger partial charge in [-0.25, -0.2) is 0 Å². The van der Waals surface area contributed by atoms with E-state index in [2.05, 4.69) is 20.8 Å². The number of anilines is 1. The highest BCUT2D eigenvalue weighted by Crippen LogP contribution is 2.03. The molecule has 18 heavy (non-hydrogen) atoms. The van der Waals surface area contributed by atoms with Crippen LogP contribution in [0.1, 0.15) is 24.3 Å². The molecular weight excluding hydrogens is 230 g/mol. The fourth-order valence-corrected chi connectivity index (χ4v) is 1.31. The molecule has 6 heteroatoms. The first-order valence-corrected chi connectivity index (χ1v) is 6.02. The number of likely N-dealkylation sites (N-methyl/N-ethyl adjacent to an activating group) is 1. The van der Waals surface area contributed by atoms with Gasteiger partial charge in [0.25, 0.3) is 5.91 Å². The first kappa shape index (κ1) is 14.4. The minimum absolute atomic E-state index is 0.194. The average Bonchev–Trinajstić information content (AvgIpc) is 2.28. The van der Waals surface area contributed by atoms with Crippen LogP contribution in [0.3, 0.4) is 0 Å². The van der Waals surface area contributed by atoms with Crippen LogP contribution in [0.4, 0.5) is 5.82 Å². The molecule has 1 heterocycles. The van der Waals surface area contributed by atoms with Gasteiger partial charge in [-0.15, -0.1) is 10.2 Å². The van der Waals surface area contributed by atoms with E-state index in [0.717, 1.165) is 6.54 Å². The maximum atomic E-state index is 11.7. The smallest absolute Gasteiger partial charge is 0.271 e. The van der Waals surface area contributed by atoms with Crippen molar-refractivity contribution in [1.29, 1.82) is 0 Å². The van der Waals surface area contributed by atoms with Gasteiger partial charge in [-0.1, -0.05) is 0 Å². The Bertz CT molecular complexity index is 375. The molecule has 0 fully saturated rings. The van der Waals surface area contributed by atoms with Crippen molar-refractivity contribution >= 4 is 11.7 Å². The molecule has 0 bridgehead atoms. The molecule has 0 saturated heterocycles. The fraction of sp³-hybridized carbons (Fsp3) is 0.583. The highest BCUT2D eigenvalue weighted by atomic mass is 16.1. The third kappa shape index (κ3) is 5.09. The standard InChI is InChI=1S/C12H21N5O/c1-9(2)14-11-6-5-10(15-16-11)12(18)13-7-8-17(3)4/h5-6,9H,7-8H2,1-4H3,(H,13,18)(H,14,16). The Hall–Kier alpha value is -1.69. The average molecular weight is 251 g/mol. The van der Waals surface area contributed by atoms with Crippen molar-refractivity contribution in [3.8, 4) is 0 Å². The highest BCUT2D eigenvalue weighted by Gasteiger charge is 2.07. The zero-order chi connectivity index (χ0) is 13.5. The Morgan fingerprint density at radius 2 is 2.06 bits per heavy atom. The van der Waals surface area contributed by atoms with E-state index < -0.39 is 0 Å². The molecular formula is C12H21N5O. The fourth-order valence-electron chi connectivity index (χ4n) is 1.31. The van der Waals surface area contributed by atoms with Crippen molar-refractivity contribution in [2.24, 2.45) is 0 Å². The Labute approximate surface area is 108 Å². The lowest BCUT2D eigenvalue weighted by molar-refractivity contribution is 0.0945. The van der Waals surface area contributed by atoms with Gasteiger partial charge in [-0.3, -0.25) is 4.79 Å². The van der Waals surface area contributed by atoms with Gasteiger partial charge in [0.2, 0.25) is 0 Å². The van der Waals surface area contributed by atoms with Crippen molar-refractivity contribution in [2.75, 3.05) is 32.5 Å². The topological polar surface area (TPSA) is 70.2 Å². The summed E-state index contributed by atoms with van der Waals surface area (Å²) >= 11 is 0. The van der Waals surface area contributed by atoms with Crippen molar-refractivity contribution in [3.63, 3.8) is 0 Å². The number of nitrogens with one attached hydrogen (secondary N) is 2. The Morgan fingerprint density at radius 3 is 2.56 bits per heavy atom. The Kier molecular flexibility index (Phi) is 5.51. The predicted molar refractivity (Wildman–Crippen MR) is 71.7 cm³/mol. The van der Waals surface area contributed by atoms with Gasteiger partial charge in [0.15, 0.2) is 5.69 Å². The second-order valence-corrected chi connectivity index (χ2v) is 4.66. The van der Waals surface area contributed by atoms with Crippen LogP contribution in [-0.4, -0.2) is 54.2 Å². The first-order valence-electron chi connectivity index (χ1n) is 6.02. The lowest BCUT2D eigenvalue weighted by atomic mass is 10.3. The molecule has 1 amide bonds. The van der Waals surface area contributed by atoms with Crippen LogP contribution in [0.15, 0.2) is 12.1 Å². The molecule has 0 aliphatic carbocycles. The summed E-state index contributed by atoms with van der Waals surface area (Å²) in [6, 6.07) is 3.72. The SMILES string of the molecule is CC(C)Nc1ccc(C(=O)NCCN(C)C)nn1. The minimum Gasteiger partial charge on any atom is -0.366 e. The molecule has 100 valence electrons. The molecule has 0 aromatic carbocycles. The van der Waals surface area contributed by atoms with E-state index in [0.29, 0.717) is 24.1 Å². The predicted octanol–water partition coefficient (Wildman–Crippen LogP) is 0.588. The molecule has 6 nitrogen and oxygen atoms in total. The normalized spacial score (nSPS) is 10.8. The zero-order valence-corrected chi connectivity index (χ0v) is 11.4. The van der Waals surface area contributed by atoms with Crippen LogP contribution in [-0.2, 0) is 0 Å². The summed E-state index contributed by atoms with van der Waals surface area (Å²) in [6.07, 6.45) is 0. The molecule has 1 rings (SSSR count). The second kappa shape index (κ2) is 6.90. The number of amides is 1. The zero-order valence-electron chi connectivity index (χ0n) is 11.4. The monoisotopic (exact) mass is 251 g/mol. The van der Waals surface area contributed by atoms with E-state index in [-0.39, 0.29) is 5.91 Å². The van der Waals surface area contributed by atoms with Crippen LogP contribution in [0, 0.1) is 0 Å². The van der Waals surface area contributed by atoms with Gasteiger partial charge < -0.3 is 15.5 Å². The maximum absolute atomic E-state index is 11.7. The van der Waals surface area contributed by atoms with Gasteiger partial charge in [-0.05, 0) is 40.1 Å². The lowest BCUT2D eigenvalue weighted by Gasteiger charge is -2.10. The summed E-state index contributed by atoms with van der Waals surface area (Å²) in [5.74, 6) is 0.482. The summed E-state index contributed by atoms with van der Waals surface area (Å²) in [5, 5.41) is 13.7. The number of rotatable bonds is 6. The number of aromatic nitrogens is 2. The largest absolute Gasteiger partial charge is 0.366 e. The molecule has 0 aliphatic rings. The van der Waals surface area contributed by atoms with E-state index in [1.165, 1.54) is 0 Å². The molecule has 0 aliphatic heterocycles. The molecule has 0 radical (unpaired) electrons. The molecule has 0 atom stereocenters. The number of hydrogen-bond donors (Lipinski definition) is 2. The molecule has 2 N–H and O–H groups in total. The van der Waals surface area contributed by atoms with Crippen molar-refractivity contribution in [1.82, 2.24) is 20.4 Å². The Balaban J connectivity index is 2.48. The van der Waals surface area contributed by atoms with Crippen LogP contribution in [0.5, 0.6) is 0 Å². The quantitative estimate of drug-likeness (QED) is 0.774. The Morgan fingerprint density at radius 1 is 1.33 bits per heavy atom. The van der Waals surface area contributed by atoms with E-state index >= 15 is 0 Å². The summed E-state index contributed by atoms with van der Waals surface area (Å²) in [6.45, 7) is 5.43. The van der Waals surface area contributed by atoms with Crippen LogP contribution < -0.4 is 10.6 Å². The third-order valence-corrected chi connectivity index (χ3v) is 2.18. The maximum Gasteiger partial charge on any atom is 0.271 e. The van der Waals surface area contributed by atoms with Crippen LogP contribution in [0.2, 0.25) is 0 Å². The van der Waals surface area contributed by atoms with Gasteiger partial charge in [-0.2, -0.15) is 0 Å². The molecule has 1 aromatic heterocycles. The van der Waals surface area contributed by atoms with E-state index in [9.17, 15) is 4.79 Å².